The van der Waals surface area contributed by atoms with E-state index in [0.717, 1.165) is 21.6 Å². The van der Waals surface area contributed by atoms with Crippen LogP contribution in [0.2, 0.25) is 0 Å². The lowest BCUT2D eigenvalue weighted by atomic mass is 10.0. The van der Waals surface area contributed by atoms with Crippen LogP contribution in [0.15, 0.2) is 41.3 Å². The van der Waals surface area contributed by atoms with Gasteiger partial charge in [-0.15, -0.1) is 0 Å². The summed E-state index contributed by atoms with van der Waals surface area (Å²) in [6.45, 7) is -5.31. The summed E-state index contributed by atoms with van der Waals surface area (Å²) >= 11 is 0. The molecule has 121 heavy (non-hydrogen) atoms. The molecule has 0 aliphatic rings. The van der Waals surface area contributed by atoms with Gasteiger partial charge in [0.25, 0.3) is 11.5 Å². The Morgan fingerprint density at radius 3 is 1.31 bits per heavy atom. The average molecular weight is 1770 g/mol. The van der Waals surface area contributed by atoms with Crippen molar-refractivity contribution in [2.24, 2.45) is 5.73 Å². The first-order chi connectivity index (χ1) is 57.1. The number of aliphatic hydroxyl groups excluding tert-OH is 13. The number of nitrogens with two attached hydrogens (primary N) is 2. The molecule has 17 atom stereocenters. The lowest BCUT2D eigenvalue weighted by Crippen LogP contribution is -2.59. The number of aliphatic carboxylic acids is 4. The van der Waals surface area contributed by atoms with Gasteiger partial charge in [0.15, 0.2) is 5.52 Å². The fraction of sp³-hybridized carbons (Fsp3) is 0.594. The molecule has 676 valence electrons. The van der Waals surface area contributed by atoms with E-state index in [4.69, 9.17) is 16.6 Å². The van der Waals surface area contributed by atoms with E-state index in [9.17, 15) is 158 Å². The third-order valence-corrected chi connectivity index (χ3v) is 19.9. The number of aromatic amines is 1. The number of carboxylic acids is 4. The smallest absolute Gasteiger partial charge is 0.404 e. The van der Waals surface area contributed by atoms with Gasteiger partial charge in [-0.1, -0.05) is 21.6 Å². The van der Waals surface area contributed by atoms with Crippen LogP contribution in [0.25, 0.3) is 11.0 Å². The number of pyridine rings is 1. The molecule has 0 saturated carbocycles. The highest BCUT2D eigenvalue weighted by Gasteiger charge is 2.37. The lowest BCUT2D eigenvalue weighted by Gasteiger charge is -2.27. The zero-order chi connectivity index (χ0) is 90.8. The number of aromatic nitrogens is 3. The summed E-state index contributed by atoms with van der Waals surface area (Å²) in [4.78, 5) is 224. The Morgan fingerprint density at radius 1 is 0.471 bits per heavy atom. The van der Waals surface area contributed by atoms with Gasteiger partial charge in [-0.2, -0.15) is 0 Å². The van der Waals surface area contributed by atoms with Crippen LogP contribution in [0.4, 0.5) is 16.3 Å². The van der Waals surface area contributed by atoms with Crippen LogP contribution in [-0.2, 0) is 73.6 Å². The number of nitrogens with zero attached hydrogens (tertiary/aromatic N) is 2. The number of amides is 11. The summed E-state index contributed by atoms with van der Waals surface area (Å²) in [5.41, 5.74) is 10.9. The quantitative estimate of drug-likeness (QED) is 0.0184. The molecule has 50 nitrogen and oxygen atoms in total. The monoisotopic (exact) mass is 1760 g/mol. The van der Waals surface area contributed by atoms with E-state index in [1.54, 1.807) is 0 Å². The van der Waals surface area contributed by atoms with Crippen LogP contribution in [0.1, 0.15) is 106 Å². The molecule has 2 heterocycles. The van der Waals surface area contributed by atoms with Crippen LogP contribution < -0.4 is 75.5 Å². The summed E-state index contributed by atoms with van der Waals surface area (Å²) in [6.07, 6.45) is -29.8. The zero-order valence-electron chi connectivity index (χ0n) is 64.7. The number of hydrogen-bond donors (Lipinski definition) is 31. The van der Waals surface area contributed by atoms with Gasteiger partial charge in [0.05, 0.1) is 74.3 Å². The van der Waals surface area contributed by atoms with Gasteiger partial charge < -0.3 is 166 Å². The van der Waals surface area contributed by atoms with Crippen molar-refractivity contribution >= 4 is 133 Å². The maximum atomic E-state index is 14.7. The molecular weight excluding hydrogens is 1660 g/mol. The van der Waals surface area contributed by atoms with Crippen LogP contribution in [0, 0.1) is 0 Å². The molecule has 0 radical (unpaired) electrons. The second-order valence-corrected chi connectivity index (χ2v) is 29.8. The van der Waals surface area contributed by atoms with Crippen LogP contribution in [0.5, 0.6) is 0 Å². The number of carboxylic acid groups (broad SMARTS) is 4. The Kier molecular flexibility index (Phi) is 46.9. The molecule has 3 aromatic rings. The van der Waals surface area contributed by atoms with E-state index in [0.29, 0.717) is 11.4 Å². The number of fused-ring (bicyclic) bond motifs is 1. The Balaban J connectivity index is 2.07. The van der Waals surface area contributed by atoms with Gasteiger partial charge in [0.2, 0.25) is 53.2 Å². The second-order valence-electron chi connectivity index (χ2n) is 27.1. The maximum absolute atomic E-state index is 14.7. The lowest BCUT2D eigenvalue weighted by molar-refractivity contribution is -0.142. The van der Waals surface area contributed by atoms with Crippen molar-refractivity contribution < 1.29 is 163 Å². The van der Waals surface area contributed by atoms with Crippen molar-refractivity contribution in [3.63, 3.8) is 0 Å². The van der Waals surface area contributed by atoms with Crippen LogP contribution in [0.3, 0.4) is 0 Å². The molecule has 0 spiro atoms. The van der Waals surface area contributed by atoms with E-state index in [2.05, 4.69) is 78.2 Å². The van der Waals surface area contributed by atoms with E-state index in [1.165, 1.54) is 36.5 Å². The first kappa shape index (κ1) is 104. The molecule has 33 N–H and O–H groups in total. The molecule has 2 aromatic heterocycles. The molecule has 52 heteroatoms. The van der Waals surface area contributed by atoms with Crippen molar-refractivity contribution in [2.75, 3.05) is 68.6 Å². The van der Waals surface area contributed by atoms with Crippen LogP contribution in [-0.4, -0.2) is 352 Å². The number of hydrogen-bond acceptors (Lipinski definition) is 36. The Labute approximate surface area is 694 Å². The number of rotatable bonds is 60. The Bertz CT molecular complexity index is 4010. The first-order valence-corrected chi connectivity index (χ1v) is 39.6. The summed E-state index contributed by atoms with van der Waals surface area (Å²) in [7, 11) is 1.80. The minimum Gasteiger partial charge on any atom is -0.481 e. The number of nitrogens with one attached hydrogen (secondary N) is 12. The van der Waals surface area contributed by atoms with Crippen molar-refractivity contribution in [1.29, 1.82) is 0 Å². The number of nitrogen functional groups attached to an aromatic ring is 1. The molecule has 0 aliphatic heterocycles. The number of aliphatic hydroxyl groups is 13. The van der Waals surface area contributed by atoms with Crippen molar-refractivity contribution in [3.05, 3.63) is 58.1 Å². The number of benzene rings is 1. The highest BCUT2D eigenvalue weighted by Crippen LogP contribution is 2.23. The molecule has 0 fully saturated rings. The number of carbonyl (C=O) groups excluding carboxylic acids is 11. The number of carbonyl (C=O) groups is 15. The molecule has 1 aromatic carbocycles. The molecule has 0 saturated heterocycles. The first-order valence-electron chi connectivity index (χ1n) is 37.2. The zero-order valence-corrected chi connectivity index (χ0v) is 66.3. The van der Waals surface area contributed by atoms with Gasteiger partial charge >= 0.3 is 30.0 Å². The van der Waals surface area contributed by atoms with Crippen molar-refractivity contribution in [2.45, 2.75) is 200 Å². The highest BCUT2D eigenvalue weighted by atomic mass is 33.1. The highest BCUT2D eigenvalue weighted by molar-refractivity contribution is 8.76. The fourth-order valence-electron chi connectivity index (χ4n) is 10.6. The minimum atomic E-state index is -2.20. The summed E-state index contributed by atoms with van der Waals surface area (Å²) in [5, 5.41) is 194. The fourth-order valence-corrected chi connectivity index (χ4v) is 12.6. The summed E-state index contributed by atoms with van der Waals surface area (Å²) < 4.78 is 4.62. The maximum Gasteiger partial charge on any atom is 0.404 e. The van der Waals surface area contributed by atoms with E-state index in [1.807, 2.05) is 0 Å². The number of ether oxygens (including phenoxy) is 1. The molecule has 11 amide bonds. The van der Waals surface area contributed by atoms with Gasteiger partial charge in [-0.05, 0) is 62.8 Å². The number of anilines is 2. The van der Waals surface area contributed by atoms with E-state index in [-0.39, 0.29) is 41.3 Å². The molecular formula is C69H104N16O34S2. The number of H-pyrrole nitrogens is 1. The van der Waals surface area contributed by atoms with Gasteiger partial charge in [0.1, 0.15) is 85.2 Å². The Hall–Kier alpha value is -10.9. The molecule has 0 unspecified atom stereocenters. The minimum absolute atomic E-state index is 0.00916. The molecule has 0 bridgehead atoms. The third-order valence-electron chi connectivity index (χ3n) is 17.5. The van der Waals surface area contributed by atoms with Crippen molar-refractivity contribution in [3.8, 4) is 0 Å². The van der Waals surface area contributed by atoms with Gasteiger partial charge in [-0.3, -0.25) is 67.3 Å². The normalized spacial score (nSPS) is 15.5. The molecule has 0 aliphatic carbocycles. The van der Waals surface area contributed by atoms with Gasteiger partial charge in [-0.25, -0.2) is 19.4 Å². The molecule has 3 rings (SSSR count). The average Bonchev–Trinajstić information content (AvgIpc) is 0.805. The largest absolute Gasteiger partial charge is 0.481 e. The summed E-state index contributed by atoms with van der Waals surface area (Å²) in [6, 6.07) is -7.39. The standard InChI is InChI=1S/C69H104N16O34S2/c70-50-21-42-57(66(113)85-50)77-33(23-73-42)22-72-32-3-1-31(2-4-32)60(107)83-41(67(114)115)8-14-54(100)78-36(5-11-53(99)76-26-46(93)58(105)59(106)49(96)29-88)61(108)81-39(9-15-55(101)102)63(110)79-37(6-12-51(97)74-24-34(89)19-44(91)47(94)27-86)62(109)82-40(10-16-56(103)104)64(111)80-38(7-13-52(98)75-25-35(90)20-45(92)48(95)28-87)65(112)84-43(68(116)117)30-121-120-18-17-119-69(71)118/h1-4,21,23,34-41,43-49,58-59,72,86-96,105-106H,5-20,22,24-30H2,(H2,71,118)(H,74,97)(H,75,98)(H,76,99)(H,78,100)(H,79,110)(H,80,111)(H,81,108)(H,82,109)(H,83,107)(H,84,112)(H,101,102)(H,103,104)(H,114,115)(H,116,117)(H3,70,85,113)/t34-,35-,36+,37+,38+,39-,40-,41-,43-,44+,45+,46+,47-,48-,49-,58-,59-/m1/s1. The van der Waals surface area contributed by atoms with E-state index < -0.39 is 333 Å². The van der Waals surface area contributed by atoms with E-state index >= 15 is 0 Å². The summed E-state index contributed by atoms with van der Waals surface area (Å²) in [5.74, 6) is -19.6. The van der Waals surface area contributed by atoms with Crippen LogP contribution >= 0.6 is 21.6 Å². The second kappa shape index (κ2) is 54.4. The van der Waals surface area contributed by atoms with Crippen molar-refractivity contribution in [1.82, 2.24) is 68.1 Å². The SMILES string of the molecule is NC(=O)OCCSSC[C@@H](NC(=O)[C@H](CCC(=O)NC[C@H](O)C[C@H](O)[C@H](O)CO)NC(=O)[C@@H](CCC(=O)O)NC(=O)[C@H](CCC(=O)NC[C@H](O)C[C@H](O)[C@H](O)CO)NC(=O)[C@@H](CCC(=O)O)NC(=O)[C@H](CCC(=O)NC[C@H](O)[C@@H](O)[C@H](O)[C@H](O)CO)NC(=O)CC[C@@H](NC(=O)c1ccc(NCc2cnc3cc(N)[nH]c(=O)c3n2)cc1)C(=O)O)C(=O)O. The van der Waals surface area contributed by atoms with Gasteiger partial charge in [0, 0.05) is 99.8 Å². The topological polar surface area (TPSA) is 852 Å². The third kappa shape index (κ3) is 39.9. The Morgan fingerprint density at radius 2 is 0.876 bits per heavy atom. The predicted octanol–water partition coefficient (Wildman–Crippen LogP) is -11.3. The predicted molar refractivity (Wildman–Crippen MR) is 417 cm³/mol. The number of primary amides is 1.